The molecule has 6 nitrogen and oxygen atoms in total. The van der Waals surface area contributed by atoms with E-state index in [2.05, 4.69) is 0 Å². The van der Waals surface area contributed by atoms with E-state index in [9.17, 15) is 25.1 Å². The topological polar surface area (TPSA) is 104 Å². The van der Waals surface area contributed by atoms with Gasteiger partial charge in [0.05, 0.1) is 16.5 Å². The van der Waals surface area contributed by atoms with Gasteiger partial charge >= 0.3 is 29.6 Å². The van der Waals surface area contributed by atoms with Gasteiger partial charge in [-0.1, -0.05) is 18.2 Å². The maximum absolute atomic E-state index is 11.0. The monoisotopic (exact) mass is 257 g/mol. The molecule has 0 bridgehead atoms. The fraction of sp³-hybridized carbons (Fsp3) is 0.182. The summed E-state index contributed by atoms with van der Waals surface area (Å²) in [6.45, 7) is 0. The molecule has 0 amide bonds. The summed E-state index contributed by atoms with van der Waals surface area (Å²) in [5.41, 5.74) is -2.30. The number of hydrogen-bond acceptors (Lipinski definition) is 5. The van der Waals surface area contributed by atoms with Crippen LogP contribution >= 0.6 is 0 Å². The van der Waals surface area contributed by atoms with E-state index in [1.807, 2.05) is 0 Å². The third-order valence-electron chi connectivity index (χ3n) is 2.77. The number of fused-ring (bicyclic) bond motifs is 1. The van der Waals surface area contributed by atoms with Gasteiger partial charge in [0, 0.05) is 12.0 Å². The Hall–Kier alpha value is -1.21. The standard InChI is InChI=1S/C11H9NO5.Na/c13-10(14)11(15)6-5-9(12(16)17)7-3-1-2-4-8(7)11;/h1-5,15H,6H2,(H,13,14);/q;+1/p-1. The molecule has 1 aliphatic rings. The Balaban J connectivity index is 0.00000162. The van der Waals surface area contributed by atoms with Gasteiger partial charge in [-0.3, -0.25) is 10.1 Å². The summed E-state index contributed by atoms with van der Waals surface area (Å²) in [5.74, 6) is -1.66. The first-order valence-electron chi connectivity index (χ1n) is 4.85. The van der Waals surface area contributed by atoms with Crippen LogP contribution in [-0.4, -0.2) is 16.0 Å². The molecule has 0 aliphatic heterocycles. The maximum atomic E-state index is 11.0. The van der Waals surface area contributed by atoms with Crippen LogP contribution in [0, 0.1) is 10.1 Å². The second-order valence-corrected chi connectivity index (χ2v) is 3.74. The molecule has 1 aromatic rings. The molecule has 18 heavy (non-hydrogen) atoms. The van der Waals surface area contributed by atoms with E-state index >= 15 is 0 Å². The minimum atomic E-state index is -2.20. The number of benzene rings is 1. The van der Waals surface area contributed by atoms with Crippen molar-refractivity contribution in [3.05, 3.63) is 51.6 Å². The number of carbonyl (C=O) groups excluding carboxylic acids is 1. The molecule has 0 heterocycles. The van der Waals surface area contributed by atoms with E-state index in [4.69, 9.17) is 0 Å². The Bertz CT molecular complexity index is 542. The Kier molecular flexibility index (Phi) is 4.28. The molecular weight excluding hydrogens is 249 g/mol. The zero-order valence-corrected chi connectivity index (χ0v) is 11.6. The molecule has 7 heteroatoms. The van der Waals surface area contributed by atoms with Gasteiger partial charge in [-0.15, -0.1) is 0 Å². The first kappa shape index (κ1) is 14.8. The van der Waals surface area contributed by atoms with Gasteiger partial charge in [-0.25, -0.2) is 0 Å². The van der Waals surface area contributed by atoms with Crippen molar-refractivity contribution in [2.75, 3.05) is 0 Å². The number of rotatable bonds is 2. The fourth-order valence-corrected chi connectivity index (χ4v) is 1.90. The SMILES string of the molecule is O=C([O-])C1(O)CC=C([N+](=O)[O-])c2ccccc21.[Na+]. The smallest absolute Gasteiger partial charge is 0.547 e. The van der Waals surface area contributed by atoms with Gasteiger partial charge in [0.1, 0.15) is 5.60 Å². The summed E-state index contributed by atoms with van der Waals surface area (Å²) in [5, 5.41) is 31.7. The molecule has 0 spiro atoms. The van der Waals surface area contributed by atoms with E-state index in [0.29, 0.717) is 0 Å². The van der Waals surface area contributed by atoms with Crippen LogP contribution in [0.2, 0.25) is 0 Å². The number of aliphatic hydroxyl groups is 1. The molecule has 0 saturated carbocycles. The Labute approximate surface area is 124 Å². The van der Waals surface area contributed by atoms with Crippen LogP contribution in [0.4, 0.5) is 0 Å². The minimum Gasteiger partial charge on any atom is -0.547 e. The molecule has 1 aromatic carbocycles. The summed E-state index contributed by atoms with van der Waals surface area (Å²) < 4.78 is 0. The number of carboxylic acid groups (broad SMARTS) is 1. The molecular formula is C11H8NNaO5. The third kappa shape index (κ3) is 2.20. The number of carbonyl (C=O) groups is 1. The van der Waals surface area contributed by atoms with Crippen molar-refractivity contribution in [1.29, 1.82) is 0 Å². The van der Waals surface area contributed by atoms with Gasteiger partial charge in [-0.05, 0) is 12.1 Å². The summed E-state index contributed by atoms with van der Waals surface area (Å²) in [6, 6.07) is 5.80. The summed E-state index contributed by atoms with van der Waals surface area (Å²) in [7, 11) is 0. The number of carboxylic acids is 1. The predicted molar refractivity (Wildman–Crippen MR) is 54.9 cm³/mol. The Morgan fingerprint density at radius 3 is 2.56 bits per heavy atom. The van der Waals surface area contributed by atoms with Gasteiger partial charge < -0.3 is 15.0 Å². The molecule has 0 saturated heterocycles. The summed E-state index contributed by atoms with van der Waals surface area (Å²) in [4.78, 5) is 21.1. The summed E-state index contributed by atoms with van der Waals surface area (Å²) >= 11 is 0. The molecule has 0 radical (unpaired) electrons. The van der Waals surface area contributed by atoms with Crippen LogP contribution < -0.4 is 34.7 Å². The zero-order valence-electron chi connectivity index (χ0n) is 9.62. The van der Waals surface area contributed by atoms with E-state index in [-0.39, 0.29) is 52.8 Å². The molecule has 0 aromatic heterocycles. The van der Waals surface area contributed by atoms with Crippen LogP contribution in [0.15, 0.2) is 30.3 Å². The van der Waals surface area contributed by atoms with Crippen molar-refractivity contribution < 1.29 is 49.5 Å². The molecule has 0 fully saturated rings. The average Bonchev–Trinajstić information content (AvgIpc) is 2.29. The minimum absolute atomic E-state index is 0. The quantitative estimate of drug-likeness (QED) is 0.339. The van der Waals surface area contributed by atoms with E-state index < -0.39 is 16.5 Å². The first-order valence-corrected chi connectivity index (χ1v) is 4.85. The molecule has 1 N–H and O–H groups in total. The van der Waals surface area contributed by atoms with Crippen LogP contribution in [0.25, 0.3) is 5.70 Å². The van der Waals surface area contributed by atoms with Crippen molar-refractivity contribution in [1.82, 2.24) is 0 Å². The predicted octanol–water partition coefficient (Wildman–Crippen LogP) is -3.35. The normalized spacial score (nSPS) is 21.3. The average molecular weight is 257 g/mol. The maximum Gasteiger partial charge on any atom is 1.00 e. The van der Waals surface area contributed by atoms with Crippen molar-refractivity contribution in [3.8, 4) is 0 Å². The number of nitrogens with zero attached hydrogens (tertiary/aromatic N) is 1. The molecule has 88 valence electrons. The number of aliphatic carboxylic acids is 1. The van der Waals surface area contributed by atoms with E-state index in [0.717, 1.165) is 6.08 Å². The molecule has 2 rings (SSSR count). The van der Waals surface area contributed by atoms with Crippen molar-refractivity contribution in [2.45, 2.75) is 12.0 Å². The third-order valence-corrected chi connectivity index (χ3v) is 2.77. The molecule has 1 atom stereocenters. The molecule has 1 unspecified atom stereocenters. The van der Waals surface area contributed by atoms with Crippen molar-refractivity contribution >= 4 is 11.7 Å². The van der Waals surface area contributed by atoms with Crippen LogP contribution in [0.3, 0.4) is 0 Å². The second-order valence-electron chi connectivity index (χ2n) is 3.74. The number of nitro groups is 1. The van der Waals surface area contributed by atoms with E-state index in [1.54, 1.807) is 0 Å². The summed E-state index contributed by atoms with van der Waals surface area (Å²) in [6.07, 6.45) is 0.723. The van der Waals surface area contributed by atoms with Gasteiger partial charge in [0.2, 0.25) is 0 Å². The fourth-order valence-electron chi connectivity index (χ4n) is 1.90. The Morgan fingerprint density at radius 2 is 2.00 bits per heavy atom. The van der Waals surface area contributed by atoms with Gasteiger partial charge in [0.25, 0.3) is 5.70 Å². The van der Waals surface area contributed by atoms with Crippen LogP contribution in [0.5, 0.6) is 0 Å². The molecule has 1 aliphatic carbocycles. The number of hydrogen-bond donors (Lipinski definition) is 1. The van der Waals surface area contributed by atoms with Gasteiger partial charge in [0.15, 0.2) is 0 Å². The van der Waals surface area contributed by atoms with Gasteiger partial charge in [-0.2, -0.15) is 0 Å². The second kappa shape index (κ2) is 5.19. The van der Waals surface area contributed by atoms with E-state index in [1.165, 1.54) is 24.3 Å². The Morgan fingerprint density at radius 1 is 1.39 bits per heavy atom. The van der Waals surface area contributed by atoms with Crippen molar-refractivity contribution in [2.24, 2.45) is 0 Å². The zero-order chi connectivity index (χ0) is 12.6. The van der Waals surface area contributed by atoms with Crippen molar-refractivity contribution in [3.63, 3.8) is 0 Å². The van der Waals surface area contributed by atoms with Crippen LogP contribution in [0.1, 0.15) is 17.5 Å². The first-order chi connectivity index (χ1) is 7.97. The van der Waals surface area contributed by atoms with Crippen LogP contribution in [-0.2, 0) is 10.4 Å². The largest absolute Gasteiger partial charge is 1.00 e.